The molecule has 0 spiro atoms. The van der Waals surface area contributed by atoms with Gasteiger partial charge in [-0.1, -0.05) is 11.6 Å². The molecule has 0 aliphatic rings. The van der Waals surface area contributed by atoms with Crippen LogP contribution in [0.1, 0.15) is 46.4 Å². The summed E-state index contributed by atoms with van der Waals surface area (Å²) in [5.41, 5.74) is 2.02. The number of ether oxygens (including phenoxy) is 1. The Morgan fingerprint density at radius 2 is 2.00 bits per heavy atom. The van der Waals surface area contributed by atoms with Gasteiger partial charge in [0.25, 0.3) is 0 Å². The van der Waals surface area contributed by atoms with Crippen molar-refractivity contribution in [3.8, 4) is 5.88 Å². The quantitative estimate of drug-likeness (QED) is 0.826. The maximum Gasteiger partial charge on any atom is 0.238 e. The summed E-state index contributed by atoms with van der Waals surface area (Å²) in [7, 11) is 0. The number of aromatic nitrogens is 2. The van der Waals surface area contributed by atoms with E-state index >= 15 is 0 Å². The summed E-state index contributed by atoms with van der Waals surface area (Å²) in [5, 5.41) is 0.598. The zero-order valence-corrected chi connectivity index (χ0v) is 15.6. The second-order valence-electron chi connectivity index (χ2n) is 6.20. The average molecular weight is 356 g/mol. The van der Waals surface area contributed by atoms with Crippen molar-refractivity contribution in [3.05, 3.63) is 28.9 Å². The van der Waals surface area contributed by atoms with Crippen LogP contribution in [0.2, 0.25) is 5.02 Å². The van der Waals surface area contributed by atoms with E-state index in [0.29, 0.717) is 34.2 Å². The van der Waals surface area contributed by atoms with Gasteiger partial charge in [0, 0.05) is 16.4 Å². The van der Waals surface area contributed by atoms with Gasteiger partial charge >= 0.3 is 0 Å². The molecule has 2 rings (SSSR count). The molecule has 5 nitrogen and oxygen atoms in total. The van der Waals surface area contributed by atoms with Gasteiger partial charge in [0.15, 0.2) is 0 Å². The van der Waals surface area contributed by atoms with Crippen LogP contribution < -0.4 is 9.46 Å². The van der Waals surface area contributed by atoms with Crippen molar-refractivity contribution in [2.24, 2.45) is 0 Å². The van der Waals surface area contributed by atoms with Gasteiger partial charge in [0.1, 0.15) is 10.4 Å². The second kappa shape index (κ2) is 7.21. The lowest BCUT2D eigenvalue weighted by molar-refractivity contribution is 0.319. The molecule has 1 unspecified atom stereocenters. The highest BCUT2D eigenvalue weighted by molar-refractivity contribution is 7.90. The Bertz CT molecular complexity index is 691. The van der Waals surface area contributed by atoms with Gasteiger partial charge in [-0.3, -0.25) is 0 Å². The lowest BCUT2D eigenvalue weighted by atomic mass is 10.2. The number of nitrogens with one attached hydrogen (secondary N) is 1. The third kappa shape index (κ3) is 4.47. The zero-order chi connectivity index (χ0) is 17.2. The molecule has 0 amide bonds. The summed E-state index contributed by atoms with van der Waals surface area (Å²) in [4.78, 5) is 9.14. The first-order chi connectivity index (χ1) is 10.7. The van der Waals surface area contributed by atoms with E-state index < -0.39 is 11.4 Å². The van der Waals surface area contributed by atoms with Gasteiger partial charge in [-0.15, -0.1) is 4.72 Å². The fourth-order valence-electron chi connectivity index (χ4n) is 1.94. The molecule has 2 aromatic rings. The number of nitrogens with zero attached hydrogens (tertiary/aromatic N) is 2. The number of rotatable bonds is 5. The van der Waals surface area contributed by atoms with Crippen molar-refractivity contribution >= 4 is 34.0 Å². The number of hydrogen-bond acceptors (Lipinski definition) is 5. The van der Waals surface area contributed by atoms with Crippen LogP contribution in [0, 0.1) is 0 Å². The normalized spacial score (nSPS) is 14.7. The van der Waals surface area contributed by atoms with Crippen LogP contribution in [0.5, 0.6) is 5.88 Å². The van der Waals surface area contributed by atoms with E-state index in [1.165, 1.54) is 0 Å². The second-order valence-corrected chi connectivity index (χ2v) is 8.64. The first-order valence-electron chi connectivity index (χ1n) is 7.50. The van der Waals surface area contributed by atoms with E-state index in [1.54, 1.807) is 12.1 Å². The highest BCUT2D eigenvalue weighted by Gasteiger charge is 2.30. The van der Waals surface area contributed by atoms with Crippen LogP contribution in [-0.4, -0.2) is 25.9 Å². The Hall–Kier alpha value is -1.08. The molecule has 23 heavy (non-hydrogen) atoms. The molecule has 0 aliphatic carbocycles. The zero-order valence-electron chi connectivity index (χ0n) is 14.0. The fraction of sp³-hybridized carbons (Fsp3) is 0.500. The minimum Gasteiger partial charge on any atom is -0.598 e. The first kappa shape index (κ1) is 18.3. The maximum absolute atomic E-state index is 12.3. The molecule has 0 bridgehead atoms. The Balaban J connectivity index is 2.41. The van der Waals surface area contributed by atoms with Crippen LogP contribution in [0.15, 0.2) is 18.2 Å². The molecule has 1 N–H and O–H groups in total. The van der Waals surface area contributed by atoms with E-state index in [4.69, 9.17) is 16.3 Å². The monoisotopic (exact) mass is 355 g/mol. The topological polar surface area (TPSA) is 70.1 Å². The van der Waals surface area contributed by atoms with E-state index in [-0.39, 0.29) is 10.8 Å². The fourth-order valence-corrected chi connectivity index (χ4v) is 2.90. The molecule has 126 valence electrons. The van der Waals surface area contributed by atoms with Crippen molar-refractivity contribution in [1.29, 1.82) is 0 Å². The van der Waals surface area contributed by atoms with Gasteiger partial charge in [-0.05, 0) is 52.8 Å². The molecular weight excluding hydrogens is 334 g/mol. The molecule has 1 aromatic heterocycles. The SMILES string of the molecule is CCOc1nc2ccc(Cl)cc2nc1[C@H](C)N[S+]([O-])C(C)(C)C. The summed E-state index contributed by atoms with van der Waals surface area (Å²) in [5.74, 6) is 0.452. The highest BCUT2D eigenvalue weighted by Crippen LogP contribution is 2.27. The number of fused-ring (bicyclic) bond motifs is 1. The molecule has 1 heterocycles. The first-order valence-corrected chi connectivity index (χ1v) is 9.03. The van der Waals surface area contributed by atoms with Crippen molar-refractivity contribution in [2.75, 3.05) is 6.61 Å². The van der Waals surface area contributed by atoms with Crippen LogP contribution >= 0.6 is 11.6 Å². The van der Waals surface area contributed by atoms with Gasteiger partial charge in [-0.2, -0.15) is 0 Å². The van der Waals surface area contributed by atoms with Gasteiger partial charge < -0.3 is 9.29 Å². The lowest BCUT2D eigenvalue weighted by Crippen LogP contribution is -2.40. The molecule has 0 saturated heterocycles. The minimum atomic E-state index is -1.22. The van der Waals surface area contributed by atoms with E-state index in [1.807, 2.05) is 40.7 Å². The summed E-state index contributed by atoms with van der Waals surface area (Å²) in [6.07, 6.45) is 0. The van der Waals surface area contributed by atoms with Crippen molar-refractivity contribution < 1.29 is 9.29 Å². The maximum atomic E-state index is 12.3. The summed E-state index contributed by atoms with van der Waals surface area (Å²) in [6.45, 7) is 10.0. The predicted molar refractivity (Wildman–Crippen MR) is 95.2 cm³/mol. The molecule has 0 fully saturated rings. The van der Waals surface area contributed by atoms with Gasteiger partial charge in [0.05, 0.1) is 23.7 Å². The Kier molecular flexibility index (Phi) is 5.73. The van der Waals surface area contributed by atoms with Gasteiger partial charge in [-0.25, -0.2) is 9.97 Å². The smallest absolute Gasteiger partial charge is 0.238 e. The average Bonchev–Trinajstić information content (AvgIpc) is 2.46. The molecule has 1 aromatic carbocycles. The minimum absolute atomic E-state index is 0.271. The Morgan fingerprint density at radius 3 is 2.61 bits per heavy atom. The molecule has 7 heteroatoms. The lowest BCUT2D eigenvalue weighted by Gasteiger charge is -2.26. The Morgan fingerprint density at radius 1 is 1.30 bits per heavy atom. The molecule has 0 aliphatic heterocycles. The third-order valence-corrected chi connectivity index (χ3v) is 5.07. The third-order valence-electron chi connectivity index (χ3n) is 3.15. The van der Waals surface area contributed by atoms with E-state index in [9.17, 15) is 4.55 Å². The van der Waals surface area contributed by atoms with Crippen molar-refractivity contribution in [1.82, 2.24) is 14.7 Å². The number of hydrogen-bond donors (Lipinski definition) is 1. The molecule has 2 atom stereocenters. The standard InChI is InChI=1S/C16H22ClN3O2S/c1-6-22-15-14(10(2)20-23(21)16(3,4)5)18-13-9-11(17)7-8-12(13)19-15/h7-10,20H,6H2,1-5H3/t10-,23?/m0/s1. The predicted octanol–water partition coefficient (Wildman–Crippen LogP) is 3.79. The van der Waals surface area contributed by atoms with Crippen LogP contribution in [0.4, 0.5) is 0 Å². The summed E-state index contributed by atoms with van der Waals surface area (Å²) < 4.78 is 20.6. The largest absolute Gasteiger partial charge is 0.598 e. The van der Waals surface area contributed by atoms with Crippen molar-refractivity contribution in [2.45, 2.75) is 45.4 Å². The van der Waals surface area contributed by atoms with Crippen molar-refractivity contribution in [3.63, 3.8) is 0 Å². The Labute approximate surface area is 145 Å². The molecule has 0 radical (unpaired) electrons. The summed E-state index contributed by atoms with van der Waals surface area (Å²) in [6, 6.07) is 5.07. The van der Waals surface area contributed by atoms with Gasteiger partial charge in [0.2, 0.25) is 5.88 Å². The molecular formula is C16H22ClN3O2S. The van der Waals surface area contributed by atoms with Crippen LogP contribution in [0.3, 0.4) is 0 Å². The molecule has 0 saturated carbocycles. The highest BCUT2D eigenvalue weighted by atomic mass is 35.5. The van der Waals surface area contributed by atoms with E-state index in [2.05, 4.69) is 14.7 Å². The number of benzene rings is 1. The van der Waals surface area contributed by atoms with E-state index in [0.717, 1.165) is 0 Å². The van der Waals surface area contributed by atoms with Crippen LogP contribution in [0.25, 0.3) is 11.0 Å². The number of halogens is 1. The summed E-state index contributed by atoms with van der Waals surface area (Å²) >= 11 is 4.81. The van der Waals surface area contributed by atoms with Crippen LogP contribution in [-0.2, 0) is 11.4 Å².